The number of unbranched alkanes of at least 4 members (excludes halogenated alkanes) is 2. The Labute approximate surface area is 124 Å². The fourth-order valence-electron chi connectivity index (χ4n) is 1.80. The largest absolute Gasteiger partial charge is 0.383 e. The molecule has 0 aliphatic heterocycles. The number of hydrogen-bond acceptors (Lipinski definition) is 5. The van der Waals surface area contributed by atoms with E-state index < -0.39 is 4.92 Å². The van der Waals surface area contributed by atoms with Gasteiger partial charge in [-0.1, -0.05) is 6.42 Å². The van der Waals surface area contributed by atoms with Crippen molar-refractivity contribution in [1.29, 1.82) is 0 Å². The molecule has 7 heteroatoms. The third-order valence-electron chi connectivity index (χ3n) is 2.96. The molecule has 21 heavy (non-hydrogen) atoms. The molecule has 7 nitrogen and oxygen atoms in total. The number of amides is 1. The summed E-state index contributed by atoms with van der Waals surface area (Å²) in [5.74, 6) is 0.0394. The molecule has 1 aromatic carbocycles. The second-order valence-electron chi connectivity index (χ2n) is 4.68. The third kappa shape index (κ3) is 7.26. The Kier molecular flexibility index (Phi) is 7.81. The van der Waals surface area contributed by atoms with E-state index in [2.05, 4.69) is 10.6 Å². The van der Waals surface area contributed by atoms with Crippen LogP contribution in [0, 0.1) is 10.1 Å². The molecule has 4 N–H and O–H groups in total. The maximum Gasteiger partial charge on any atom is 0.269 e. The highest BCUT2D eigenvalue weighted by Crippen LogP contribution is 2.14. The quantitative estimate of drug-likeness (QED) is 0.345. The summed E-state index contributed by atoms with van der Waals surface area (Å²) in [6.45, 7) is 1.76. The molecule has 116 valence electrons. The van der Waals surface area contributed by atoms with Crippen LogP contribution in [0.2, 0.25) is 0 Å². The van der Waals surface area contributed by atoms with Crippen molar-refractivity contribution in [3.05, 3.63) is 34.4 Å². The Bertz CT molecular complexity index is 448. The van der Waals surface area contributed by atoms with Crippen LogP contribution in [-0.4, -0.2) is 30.5 Å². The van der Waals surface area contributed by atoms with Crippen molar-refractivity contribution >= 4 is 17.3 Å². The second kappa shape index (κ2) is 9.71. The van der Waals surface area contributed by atoms with Gasteiger partial charge in [0.2, 0.25) is 5.91 Å². The maximum absolute atomic E-state index is 11.5. The molecule has 0 heterocycles. The lowest BCUT2D eigenvalue weighted by molar-refractivity contribution is -0.384. The van der Waals surface area contributed by atoms with Gasteiger partial charge >= 0.3 is 0 Å². The number of carbonyl (C=O) groups excluding carboxylic acids is 1. The van der Waals surface area contributed by atoms with Crippen LogP contribution in [0.25, 0.3) is 0 Å². The van der Waals surface area contributed by atoms with E-state index in [1.807, 2.05) is 0 Å². The summed E-state index contributed by atoms with van der Waals surface area (Å²) in [5.41, 5.74) is 6.23. The van der Waals surface area contributed by atoms with E-state index in [9.17, 15) is 14.9 Å². The second-order valence-corrected chi connectivity index (χ2v) is 4.68. The lowest BCUT2D eigenvalue weighted by Crippen LogP contribution is -2.28. The Morgan fingerprint density at radius 2 is 1.86 bits per heavy atom. The number of rotatable bonds is 10. The monoisotopic (exact) mass is 294 g/mol. The number of anilines is 1. The molecule has 1 aromatic rings. The lowest BCUT2D eigenvalue weighted by Gasteiger charge is -2.08. The molecule has 0 spiro atoms. The summed E-state index contributed by atoms with van der Waals surface area (Å²) in [6, 6.07) is 6.18. The van der Waals surface area contributed by atoms with Crippen molar-refractivity contribution in [2.24, 2.45) is 5.73 Å². The summed E-state index contributed by atoms with van der Waals surface area (Å²) >= 11 is 0. The van der Waals surface area contributed by atoms with Crippen LogP contribution in [0.4, 0.5) is 11.4 Å². The highest BCUT2D eigenvalue weighted by molar-refractivity contribution is 5.75. The van der Waals surface area contributed by atoms with E-state index in [-0.39, 0.29) is 11.6 Å². The molecule has 0 unspecified atom stereocenters. The SMILES string of the molecule is NCCCCCC(=O)NCCNc1ccc([N+](=O)[O-])cc1. The van der Waals surface area contributed by atoms with Crippen LogP contribution in [0.15, 0.2) is 24.3 Å². The summed E-state index contributed by atoms with van der Waals surface area (Å²) in [5, 5.41) is 16.4. The van der Waals surface area contributed by atoms with Crippen LogP contribution in [0.1, 0.15) is 25.7 Å². The fraction of sp³-hybridized carbons (Fsp3) is 0.500. The molecule has 0 fully saturated rings. The number of nitrogens with zero attached hydrogens (tertiary/aromatic N) is 1. The molecule has 0 aliphatic rings. The predicted octanol–water partition coefficient (Wildman–Crippen LogP) is 1.64. The lowest BCUT2D eigenvalue weighted by atomic mass is 10.2. The number of nitro groups is 1. The predicted molar refractivity (Wildman–Crippen MR) is 82.1 cm³/mol. The molecule has 0 bridgehead atoms. The molecule has 1 rings (SSSR count). The molecule has 0 saturated heterocycles. The van der Waals surface area contributed by atoms with Crippen LogP contribution >= 0.6 is 0 Å². The number of benzene rings is 1. The fourth-order valence-corrected chi connectivity index (χ4v) is 1.80. The molecule has 0 aromatic heterocycles. The van der Waals surface area contributed by atoms with E-state index >= 15 is 0 Å². The van der Waals surface area contributed by atoms with Gasteiger partial charge in [-0.3, -0.25) is 14.9 Å². The summed E-state index contributed by atoms with van der Waals surface area (Å²) in [6.07, 6.45) is 3.32. The van der Waals surface area contributed by atoms with Gasteiger partial charge in [0.15, 0.2) is 0 Å². The minimum atomic E-state index is -0.436. The van der Waals surface area contributed by atoms with Gasteiger partial charge in [-0.05, 0) is 31.5 Å². The first-order valence-electron chi connectivity index (χ1n) is 7.08. The van der Waals surface area contributed by atoms with Crippen molar-refractivity contribution in [1.82, 2.24) is 5.32 Å². The normalized spacial score (nSPS) is 10.1. The minimum Gasteiger partial charge on any atom is -0.383 e. The number of carbonyl (C=O) groups is 1. The van der Waals surface area contributed by atoms with E-state index in [1.165, 1.54) is 12.1 Å². The first-order chi connectivity index (χ1) is 10.1. The van der Waals surface area contributed by atoms with Crippen molar-refractivity contribution in [2.45, 2.75) is 25.7 Å². The number of hydrogen-bond donors (Lipinski definition) is 3. The van der Waals surface area contributed by atoms with Crippen molar-refractivity contribution in [3.8, 4) is 0 Å². The highest BCUT2D eigenvalue weighted by atomic mass is 16.6. The molecule has 0 radical (unpaired) electrons. The van der Waals surface area contributed by atoms with Gasteiger partial charge in [0.05, 0.1) is 4.92 Å². The number of nitro benzene ring substituents is 1. The molecule has 0 aliphatic carbocycles. The first kappa shape index (κ1) is 16.9. The van der Waals surface area contributed by atoms with Gasteiger partial charge < -0.3 is 16.4 Å². The summed E-state index contributed by atoms with van der Waals surface area (Å²) in [7, 11) is 0. The standard InChI is InChI=1S/C14H22N4O3/c15-9-3-1-2-4-14(19)17-11-10-16-12-5-7-13(8-6-12)18(20)21/h5-8,16H,1-4,9-11,15H2,(H,17,19). The first-order valence-corrected chi connectivity index (χ1v) is 7.08. The van der Waals surface area contributed by atoms with Crippen molar-refractivity contribution in [3.63, 3.8) is 0 Å². The Hall–Kier alpha value is -2.15. The zero-order valence-electron chi connectivity index (χ0n) is 12.0. The van der Waals surface area contributed by atoms with Crippen LogP contribution in [0.5, 0.6) is 0 Å². The van der Waals surface area contributed by atoms with Gasteiger partial charge in [-0.2, -0.15) is 0 Å². The highest BCUT2D eigenvalue weighted by Gasteiger charge is 2.03. The van der Waals surface area contributed by atoms with Crippen LogP contribution in [0.3, 0.4) is 0 Å². The average molecular weight is 294 g/mol. The number of nitrogens with two attached hydrogens (primary N) is 1. The van der Waals surface area contributed by atoms with Gasteiger partial charge in [0, 0.05) is 37.3 Å². The zero-order chi connectivity index (χ0) is 15.5. The van der Waals surface area contributed by atoms with Gasteiger partial charge in [-0.25, -0.2) is 0 Å². The topological polar surface area (TPSA) is 110 Å². The Morgan fingerprint density at radius 3 is 2.48 bits per heavy atom. The van der Waals surface area contributed by atoms with Crippen molar-refractivity contribution in [2.75, 3.05) is 25.0 Å². The van der Waals surface area contributed by atoms with Crippen molar-refractivity contribution < 1.29 is 9.72 Å². The van der Waals surface area contributed by atoms with E-state index in [4.69, 9.17) is 5.73 Å². The third-order valence-corrected chi connectivity index (χ3v) is 2.96. The minimum absolute atomic E-state index is 0.0394. The van der Waals surface area contributed by atoms with Gasteiger partial charge in [0.25, 0.3) is 5.69 Å². The number of non-ortho nitro benzene ring substituents is 1. The maximum atomic E-state index is 11.5. The molecule has 0 saturated carbocycles. The number of nitrogens with one attached hydrogen (secondary N) is 2. The van der Waals surface area contributed by atoms with Gasteiger partial charge in [0.1, 0.15) is 0 Å². The van der Waals surface area contributed by atoms with E-state index in [1.54, 1.807) is 12.1 Å². The molecule has 0 atom stereocenters. The Morgan fingerprint density at radius 1 is 1.14 bits per heavy atom. The molecular weight excluding hydrogens is 272 g/mol. The molecule has 1 amide bonds. The Balaban J connectivity index is 2.13. The summed E-state index contributed by atoms with van der Waals surface area (Å²) in [4.78, 5) is 21.6. The summed E-state index contributed by atoms with van der Waals surface area (Å²) < 4.78 is 0. The smallest absolute Gasteiger partial charge is 0.269 e. The van der Waals surface area contributed by atoms with E-state index in [0.717, 1.165) is 24.9 Å². The average Bonchev–Trinajstić information content (AvgIpc) is 2.48. The van der Waals surface area contributed by atoms with Crippen LogP contribution in [-0.2, 0) is 4.79 Å². The van der Waals surface area contributed by atoms with Gasteiger partial charge in [-0.15, -0.1) is 0 Å². The van der Waals surface area contributed by atoms with Crippen LogP contribution < -0.4 is 16.4 Å². The zero-order valence-corrected chi connectivity index (χ0v) is 12.0. The van der Waals surface area contributed by atoms with E-state index in [0.29, 0.717) is 26.1 Å². The molecular formula is C14H22N4O3.